The normalized spacial score (nSPS) is 20.8. The van der Waals surface area contributed by atoms with Gasteiger partial charge in [-0.05, 0) is 66.8 Å². The third kappa shape index (κ3) is 4.27. The van der Waals surface area contributed by atoms with E-state index in [1.54, 1.807) is 36.5 Å². The molecule has 0 aromatic carbocycles. The van der Waals surface area contributed by atoms with Crippen molar-refractivity contribution in [3.05, 3.63) is 88.0 Å². The zero-order valence-corrected chi connectivity index (χ0v) is 17.9. The van der Waals surface area contributed by atoms with Crippen molar-refractivity contribution in [3.63, 3.8) is 0 Å². The first-order chi connectivity index (χ1) is 16.2. The number of aromatic amines is 1. The number of nitrogens with one attached hydrogen (secondary N) is 1. The van der Waals surface area contributed by atoms with Crippen LogP contribution < -0.4 is 16.3 Å². The minimum Gasteiger partial charge on any atom is -0.510 e. The van der Waals surface area contributed by atoms with Crippen LogP contribution >= 0.6 is 0 Å². The number of allylic oxidation sites excluding steroid dienone is 8. The molecule has 1 aromatic heterocycles. The van der Waals surface area contributed by atoms with Crippen LogP contribution in [0.5, 0.6) is 0 Å². The number of H-pyrrole nitrogens is 1. The fourth-order valence-electron chi connectivity index (χ4n) is 3.62. The molecule has 0 radical (unpaired) electrons. The molecule has 4 aliphatic heterocycles. The number of nitrogens with zero attached hydrogens (tertiary/aromatic N) is 3. The lowest BCUT2D eigenvalue weighted by Gasteiger charge is -2.09. The van der Waals surface area contributed by atoms with Gasteiger partial charge in [0.2, 0.25) is 0 Å². The molecule has 1 aromatic rings. The lowest BCUT2D eigenvalue weighted by Crippen LogP contribution is -2.37. The molecule has 8 bridgehead atoms. The van der Waals surface area contributed by atoms with Crippen molar-refractivity contribution in [2.24, 2.45) is 20.7 Å². The Bertz CT molecular complexity index is 1630. The predicted octanol–water partition coefficient (Wildman–Crippen LogP) is 0.831. The molecule has 0 saturated carbocycles. The molecule has 5 rings (SSSR count). The van der Waals surface area contributed by atoms with Crippen LogP contribution in [0.15, 0.2) is 86.7 Å². The maximum absolute atomic E-state index is 11.8. The van der Waals surface area contributed by atoms with Crippen LogP contribution in [0.25, 0.3) is 17.9 Å². The molecule has 166 valence electrons. The van der Waals surface area contributed by atoms with E-state index in [4.69, 9.17) is 7.10 Å². The summed E-state index contributed by atoms with van der Waals surface area (Å²) in [6.45, 7) is -0.570. The van der Waals surface area contributed by atoms with Crippen LogP contribution in [-0.2, 0) is 10.1 Å². The summed E-state index contributed by atoms with van der Waals surface area (Å²) in [5.41, 5.74) is 9.62. The summed E-state index contributed by atoms with van der Waals surface area (Å²) in [7, 11) is -4.71. The fraction of sp³-hybridized carbons (Fsp3) is 0.0870. The van der Waals surface area contributed by atoms with Gasteiger partial charge in [0.1, 0.15) is 5.76 Å². The van der Waals surface area contributed by atoms with Crippen LogP contribution in [0.1, 0.15) is 7.06 Å². The molecule has 0 aliphatic carbocycles. The second-order valence-electron chi connectivity index (χ2n) is 7.54. The topological polar surface area (TPSA) is 153 Å². The smallest absolute Gasteiger partial charge is 0.276 e. The number of aromatic nitrogens is 1. The van der Waals surface area contributed by atoms with Crippen LogP contribution in [0, 0.1) is 0 Å². The average molecular weight is 463 g/mol. The van der Waals surface area contributed by atoms with E-state index < -0.39 is 27.7 Å². The Labute approximate surface area is 190 Å². The van der Waals surface area contributed by atoms with E-state index in [0.717, 1.165) is 11.4 Å². The molecular formula is C23H19N5O4S. The second-order valence-corrected chi connectivity index (χ2v) is 9.14. The zero-order valence-electron chi connectivity index (χ0n) is 18.1. The molecule has 9 nitrogen and oxygen atoms in total. The molecule has 1 unspecified atom stereocenters. The summed E-state index contributed by atoms with van der Waals surface area (Å²) in [5.74, 6) is -0.730. The average Bonchev–Trinajstić information content (AvgIpc) is 3.53. The Hall–Kier alpha value is -3.86. The molecule has 5 heterocycles. The number of hydrogen-bond donors (Lipinski definition) is 4. The number of fused-ring (bicyclic) bond motifs is 5. The van der Waals surface area contributed by atoms with Crippen LogP contribution in [0.3, 0.4) is 0 Å². The largest absolute Gasteiger partial charge is 0.510 e. The Kier molecular flexibility index (Phi) is 4.75. The maximum atomic E-state index is 11.8. The van der Waals surface area contributed by atoms with Gasteiger partial charge in [-0.2, -0.15) is 8.42 Å². The van der Waals surface area contributed by atoms with Gasteiger partial charge in [0.25, 0.3) is 10.1 Å². The van der Waals surface area contributed by atoms with Gasteiger partial charge in [0.05, 0.1) is 40.9 Å². The molecule has 33 heavy (non-hydrogen) atoms. The molecule has 5 N–H and O–H groups in total. The van der Waals surface area contributed by atoms with E-state index in [-0.39, 0.29) is 22.3 Å². The molecular weight excluding hydrogens is 442 g/mol. The van der Waals surface area contributed by atoms with Crippen molar-refractivity contribution in [1.29, 1.82) is 0 Å². The van der Waals surface area contributed by atoms with Crippen LogP contribution in [0.4, 0.5) is 0 Å². The van der Waals surface area contributed by atoms with Crippen LogP contribution in [0.2, 0.25) is 0 Å². The Balaban J connectivity index is 1.80. The number of aliphatic imine (C=N–C) groups is 3. The summed E-state index contributed by atoms with van der Waals surface area (Å²) >= 11 is 0. The molecule has 0 fully saturated rings. The summed E-state index contributed by atoms with van der Waals surface area (Å²) < 4.78 is 41.7. The van der Waals surface area contributed by atoms with E-state index in [0.29, 0.717) is 22.8 Å². The number of nitrogens with two attached hydrogens (primary N) is 1. The predicted molar refractivity (Wildman–Crippen MR) is 129 cm³/mol. The Morgan fingerprint density at radius 3 is 1.97 bits per heavy atom. The number of aliphatic hydroxyl groups is 1. The lowest BCUT2D eigenvalue weighted by molar-refractivity contribution is 0.443. The first-order valence-corrected chi connectivity index (χ1v) is 11.5. The van der Waals surface area contributed by atoms with Crippen molar-refractivity contribution in [3.8, 4) is 0 Å². The Morgan fingerprint density at radius 1 is 0.939 bits per heavy atom. The van der Waals surface area contributed by atoms with Crippen molar-refractivity contribution < 1.29 is 19.4 Å². The molecule has 4 aliphatic rings. The molecule has 10 heteroatoms. The van der Waals surface area contributed by atoms with Crippen molar-refractivity contribution in [2.45, 2.75) is 5.25 Å². The highest BCUT2D eigenvalue weighted by Gasteiger charge is 2.27. The van der Waals surface area contributed by atoms with Crippen LogP contribution in [-0.4, -0.2) is 52.0 Å². The number of rotatable bonds is 3. The quantitative estimate of drug-likeness (QED) is 0.490. The first-order valence-electron chi connectivity index (χ1n) is 10.5. The van der Waals surface area contributed by atoms with Gasteiger partial charge in [0, 0.05) is 17.5 Å². The standard InChI is InChI=1S/C23H19N5O4S/c24-12-22(33(30,31)32)23(29)20-10-19-9-17-4-3-15(26-17)7-13-1-2-14(25-13)8-16-5-6-18(27-16)11-21(20)28-19/h1-11,22,28-29H,12,24H2,(H,30,31,32)/i10D. The van der Waals surface area contributed by atoms with Gasteiger partial charge in [-0.25, -0.2) is 15.0 Å². The molecule has 0 saturated heterocycles. The Morgan fingerprint density at radius 2 is 1.45 bits per heavy atom. The van der Waals surface area contributed by atoms with E-state index in [9.17, 15) is 18.1 Å². The maximum Gasteiger partial charge on any atom is 0.276 e. The lowest BCUT2D eigenvalue weighted by atomic mass is 10.2. The monoisotopic (exact) mass is 462 g/mol. The fourth-order valence-corrected chi connectivity index (χ4v) is 4.27. The van der Waals surface area contributed by atoms with Gasteiger partial charge < -0.3 is 15.8 Å². The SMILES string of the molecule is [2H]c1c2[nH]c(c1=C(O)C(CN)S(=O)(=O)O)=CC1=NC(=CC3=NC(=CC4=NC(=C2)C=C4)C=C3)C=C1. The number of aliphatic hydroxyl groups excluding tert-OH is 1. The van der Waals surface area contributed by atoms with Gasteiger partial charge in [-0.3, -0.25) is 4.55 Å². The van der Waals surface area contributed by atoms with Crippen molar-refractivity contribution in [1.82, 2.24) is 4.98 Å². The van der Waals surface area contributed by atoms with E-state index in [1.165, 1.54) is 0 Å². The zero-order chi connectivity index (χ0) is 24.0. The second kappa shape index (κ2) is 7.93. The van der Waals surface area contributed by atoms with Crippen molar-refractivity contribution in [2.75, 3.05) is 6.54 Å². The van der Waals surface area contributed by atoms with E-state index in [2.05, 4.69) is 20.0 Å². The third-order valence-electron chi connectivity index (χ3n) is 5.16. The first kappa shape index (κ1) is 19.8. The van der Waals surface area contributed by atoms with E-state index in [1.807, 2.05) is 24.3 Å². The summed E-state index contributed by atoms with van der Waals surface area (Å²) in [4.78, 5) is 16.6. The highest BCUT2D eigenvalue weighted by Crippen LogP contribution is 2.18. The summed E-state index contributed by atoms with van der Waals surface area (Å²) in [6, 6.07) is -0.177. The summed E-state index contributed by atoms with van der Waals surface area (Å²) in [5, 5.41) is 9.15. The minimum atomic E-state index is -4.71. The highest BCUT2D eigenvalue weighted by atomic mass is 32.2. The number of hydrogen-bond acceptors (Lipinski definition) is 7. The molecule has 0 spiro atoms. The van der Waals surface area contributed by atoms with Gasteiger partial charge >= 0.3 is 0 Å². The molecule has 0 amide bonds. The van der Waals surface area contributed by atoms with Gasteiger partial charge in [-0.15, -0.1) is 0 Å². The van der Waals surface area contributed by atoms with Crippen molar-refractivity contribution >= 4 is 45.2 Å². The third-order valence-corrected chi connectivity index (χ3v) is 6.29. The minimum absolute atomic E-state index is 0.0996. The highest BCUT2D eigenvalue weighted by molar-refractivity contribution is 7.86. The van der Waals surface area contributed by atoms with E-state index >= 15 is 0 Å². The van der Waals surface area contributed by atoms with Gasteiger partial charge in [0.15, 0.2) is 5.25 Å². The summed E-state index contributed by atoms with van der Waals surface area (Å²) in [6.07, 6.45) is 17.6. The van der Waals surface area contributed by atoms with Gasteiger partial charge in [-0.1, -0.05) is 0 Å². The molecule has 1 atom stereocenters.